The highest BCUT2D eigenvalue weighted by atomic mass is 35.5. The van der Waals surface area contributed by atoms with Crippen molar-refractivity contribution in [2.24, 2.45) is 11.3 Å². The maximum Gasteiger partial charge on any atom is 0.202 e. The Hall–Kier alpha value is -2.21. The maximum absolute atomic E-state index is 14.4. The normalized spacial score (nSPS) is 21.7. The third-order valence-electron chi connectivity index (χ3n) is 6.91. The second-order valence-corrected chi connectivity index (χ2v) is 8.65. The summed E-state index contributed by atoms with van der Waals surface area (Å²) >= 11 is 5.92. The summed E-state index contributed by atoms with van der Waals surface area (Å²) in [6, 6.07) is 4.90. The molecule has 0 radical (unpaired) electrons. The Morgan fingerprint density at radius 3 is 2.82 bits per heavy atom. The Bertz CT molecular complexity index is 1020. The monoisotopic (exact) mass is 399 g/mol. The molecule has 1 atom stereocenters. The van der Waals surface area contributed by atoms with Crippen LogP contribution in [0.15, 0.2) is 24.4 Å². The highest BCUT2D eigenvalue weighted by molar-refractivity contribution is 6.31. The number of fused-ring (bicyclic) bond motifs is 1. The molecule has 1 saturated carbocycles. The molecule has 1 saturated heterocycles. The van der Waals surface area contributed by atoms with E-state index >= 15 is 0 Å². The molecule has 7 heteroatoms. The largest absolute Gasteiger partial charge is 0.355 e. The second-order valence-electron chi connectivity index (χ2n) is 8.24. The number of aromatic nitrogens is 4. The highest BCUT2D eigenvalue weighted by Crippen LogP contribution is 2.50. The zero-order chi connectivity index (χ0) is 19.3. The second kappa shape index (κ2) is 6.69. The Morgan fingerprint density at radius 2 is 2.07 bits per heavy atom. The number of nitrogens with one attached hydrogen (secondary N) is 1. The lowest BCUT2D eigenvalue weighted by atomic mass is 9.71. The van der Waals surface area contributed by atoms with Crippen LogP contribution in [0.3, 0.4) is 0 Å². The number of halogens is 2. The topological polar surface area (TPSA) is 57.7 Å². The molecule has 0 amide bonds. The third-order valence-corrected chi connectivity index (χ3v) is 7.21. The van der Waals surface area contributed by atoms with Gasteiger partial charge in [0.05, 0.1) is 16.9 Å². The van der Waals surface area contributed by atoms with Crippen LogP contribution in [0, 0.1) is 17.2 Å². The van der Waals surface area contributed by atoms with Crippen LogP contribution in [-0.4, -0.2) is 33.3 Å². The van der Waals surface area contributed by atoms with Gasteiger partial charge >= 0.3 is 0 Å². The lowest BCUT2D eigenvalue weighted by Gasteiger charge is -2.42. The van der Waals surface area contributed by atoms with Gasteiger partial charge in [-0.05, 0) is 42.7 Å². The predicted molar refractivity (Wildman–Crippen MR) is 109 cm³/mol. The van der Waals surface area contributed by atoms with Gasteiger partial charge in [-0.3, -0.25) is 5.10 Å². The summed E-state index contributed by atoms with van der Waals surface area (Å²) in [6.45, 7) is 4.42. The van der Waals surface area contributed by atoms with Crippen LogP contribution in [0.5, 0.6) is 0 Å². The first-order valence-corrected chi connectivity index (χ1v) is 10.4. The van der Waals surface area contributed by atoms with Crippen LogP contribution < -0.4 is 4.90 Å². The fourth-order valence-electron chi connectivity index (χ4n) is 5.06. The van der Waals surface area contributed by atoms with E-state index in [-0.39, 0.29) is 5.02 Å². The SMILES string of the molecule is C[C@@H]1CCCC12CCN(c1cnc3c(-c4cccc(Cl)c4F)[nH]nc3n1)CC2. The summed E-state index contributed by atoms with van der Waals surface area (Å²) in [5.74, 6) is 1.19. The van der Waals surface area contributed by atoms with Crippen LogP contribution in [-0.2, 0) is 0 Å². The summed E-state index contributed by atoms with van der Waals surface area (Å²) in [6.07, 6.45) is 8.30. The molecule has 146 valence electrons. The lowest BCUT2D eigenvalue weighted by molar-refractivity contribution is 0.161. The summed E-state index contributed by atoms with van der Waals surface area (Å²) in [5.41, 5.74) is 2.44. The van der Waals surface area contributed by atoms with Gasteiger partial charge in [-0.25, -0.2) is 14.4 Å². The van der Waals surface area contributed by atoms with E-state index in [9.17, 15) is 4.39 Å². The van der Waals surface area contributed by atoms with Crippen molar-refractivity contribution < 1.29 is 4.39 Å². The maximum atomic E-state index is 14.4. The van der Waals surface area contributed by atoms with Crippen molar-refractivity contribution in [1.29, 1.82) is 0 Å². The van der Waals surface area contributed by atoms with E-state index in [1.165, 1.54) is 38.2 Å². The van der Waals surface area contributed by atoms with Crippen molar-refractivity contribution in [3.63, 3.8) is 0 Å². The molecule has 1 aromatic carbocycles. The van der Waals surface area contributed by atoms with Crippen LogP contribution >= 0.6 is 11.6 Å². The molecular formula is C21H23ClFN5. The Labute approximate surface area is 168 Å². The molecule has 0 unspecified atom stereocenters. The molecular weight excluding hydrogens is 377 g/mol. The fourth-order valence-corrected chi connectivity index (χ4v) is 5.23. The lowest BCUT2D eigenvalue weighted by Crippen LogP contribution is -2.41. The molecule has 2 fully saturated rings. The summed E-state index contributed by atoms with van der Waals surface area (Å²) in [5, 5.41) is 7.23. The van der Waals surface area contributed by atoms with Crippen LogP contribution in [0.1, 0.15) is 39.0 Å². The molecule has 5 nitrogen and oxygen atoms in total. The van der Waals surface area contributed by atoms with Crippen molar-refractivity contribution in [2.45, 2.75) is 39.0 Å². The number of hydrogen-bond acceptors (Lipinski definition) is 4. The number of hydrogen-bond donors (Lipinski definition) is 1. The zero-order valence-corrected chi connectivity index (χ0v) is 16.6. The van der Waals surface area contributed by atoms with Gasteiger partial charge in [0.25, 0.3) is 0 Å². The van der Waals surface area contributed by atoms with Gasteiger partial charge in [0.1, 0.15) is 11.3 Å². The molecule has 0 bridgehead atoms. The van der Waals surface area contributed by atoms with Gasteiger partial charge in [-0.2, -0.15) is 5.10 Å². The van der Waals surface area contributed by atoms with E-state index in [0.29, 0.717) is 27.8 Å². The van der Waals surface area contributed by atoms with Crippen LogP contribution in [0.4, 0.5) is 10.2 Å². The molecule has 3 heterocycles. The minimum Gasteiger partial charge on any atom is -0.355 e. The molecule has 2 aliphatic rings. The van der Waals surface area contributed by atoms with Crippen molar-refractivity contribution in [2.75, 3.05) is 18.0 Å². The zero-order valence-electron chi connectivity index (χ0n) is 15.9. The van der Waals surface area contributed by atoms with E-state index < -0.39 is 5.82 Å². The van der Waals surface area contributed by atoms with Gasteiger partial charge in [-0.1, -0.05) is 37.4 Å². The van der Waals surface area contributed by atoms with E-state index in [0.717, 1.165) is 24.8 Å². The molecule has 1 aliphatic heterocycles. The van der Waals surface area contributed by atoms with Crippen LogP contribution in [0.25, 0.3) is 22.4 Å². The Morgan fingerprint density at radius 1 is 1.25 bits per heavy atom. The van der Waals surface area contributed by atoms with E-state index in [2.05, 4.69) is 27.0 Å². The van der Waals surface area contributed by atoms with Gasteiger partial charge in [0, 0.05) is 18.7 Å². The van der Waals surface area contributed by atoms with E-state index in [4.69, 9.17) is 16.6 Å². The fraction of sp³-hybridized carbons (Fsp3) is 0.476. The molecule has 2 aromatic heterocycles. The first kappa shape index (κ1) is 17.9. The summed E-state index contributed by atoms with van der Waals surface area (Å²) < 4.78 is 14.4. The van der Waals surface area contributed by atoms with E-state index in [1.54, 1.807) is 18.3 Å². The predicted octanol–water partition coefficient (Wildman–Crippen LogP) is 5.22. The number of nitrogens with zero attached hydrogens (tertiary/aromatic N) is 4. The molecule has 28 heavy (non-hydrogen) atoms. The Kier molecular flexibility index (Phi) is 4.27. The standard InChI is InChI=1S/C21H23ClFN5/c1-13-4-3-7-21(13)8-10-28(11-9-21)16-12-24-19-18(26-27-20(19)25-16)14-5-2-6-15(22)17(14)23/h2,5-6,12-13H,3-4,7-11H2,1H3,(H,25,26,27)/t13-/m1/s1. The van der Waals surface area contributed by atoms with Gasteiger partial charge in [-0.15, -0.1) is 0 Å². The van der Waals surface area contributed by atoms with Gasteiger partial charge in [0.15, 0.2) is 5.82 Å². The van der Waals surface area contributed by atoms with Gasteiger partial charge < -0.3 is 4.90 Å². The van der Waals surface area contributed by atoms with E-state index in [1.807, 2.05) is 0 Å². The highest BCUT2D eigenvalue weighted by Gasteiger charge is 2.42. The van der Waals surface area contributed by atoms with Crippen LogP contribution in [0.2, 0.25) is 5.02 Å². The molecule has 1 aliphatic carbocycles. The molecule has 1 N–H and O–H groups in total. The number of rotatable bonds is 2. The Balaban J connectivity index is 1.42. The average molecular weight is 400 g/mol. The number of benzene rings is 1. The van der Waals surface area contributed by atoms with Gasteiger partial charge in [0.2, 0.25) is 5.65 Å². The minimum absolute atomic E-state index is 0.0771. The minimum atomic E-state index is -0.479. The number of H-pyrrole nitrogens is 1. The smallest absolute Gasteiger partial charge is 0.202 e. The van der Waals surface area contributed by atoms with Crippen molar-refractivity contribution >= 4 is 28.6 Å². The van der Waals surface area contributed by atoms with Crippen molar-refractivity contribution in [3.05, 3.63) is 35.2 Å². The first-order chi connectivity index (χ1) is 13.6. The number of aromatic amines is 1. The molecule has 1 spiro atoms. The number of anilines is 1. The summed E-state index contributed by atoms with van der Waals surface area (Å²) in [7, 11) is 0. The first-order valence-electron chi connectivity index (χ1n) is 9.98. The molecule has 3 aromatic rings. The average Bonchev–Trinajstić information content (AvgIpc) is 3.28. The quantitative estimate of drug-likeness (QED) is 0.641. The number of piperidine rings is 1. The molecule has 5 rings (SSSR count). The summed E-state index contributed by atoms with van der Waals surface area (Å²) in [4.78, 5) is 11.6. The third kappa shape index (κ3) is 2.77. The van der Waals surface area contributed by atoms with Crippen molar-refractivity contribution in [3.8, 4) is 11.3 Å². The van der Waals surface area contributed by atoms with Crippen molar-refractivity contribution in [1.82, 2.24) is 20.2 Å².